The molecule has 0 heterocycles. The van der Waals surface area contributed by atoms with Gasteiger partial charge in [0.05, 0.1) is 38.4 Å². The lowest BCUT2D eigenvalue weighted by Crippen LogP contribution is -2.54. The summed E-state index contributed by atoms with van der Waals surface area (Å²) < 4.78 is 17.7. The van der Waals surface area contributed by atoms with Gasteiger partial charge in [-0.15, -0.1) is 0 Å². The van der Waals surface area contributed by atoms with E-state index in [0.717, 1.165) is 5.56 Å². The van der Waals surface area contributed by atoms with Crippen molar-refractivity contribution in [2.24, 2.45) is 11.8 Å². The van der Waals surface area contributed by atoms with Crippen molar-refractivity contribution < 1.29 is 28.9 Å². The molecule has 1 aliphatic carbocycles. The van der Waals surface area contributed by atoms with E-state index in [1.165, 1.54) is 0 Å². The Bertz CT molecular complexity index is 702. The Balaban J connectivity index is 2.16. The molecule has 1 aliphatic rings. The van der Waals surface area contributed by atoms with Gasteiger partial charge in [-0.05, 0) is 43.5 Å². The van der Waals surface area contributed by atoms with Gasteiger partial charge in [-0.2, -0.15) is 0 Å². The van der Waals surface area contributed by atoms with E-state index in [4.69, 9.17) is 13.9 Å². The van der Waals surface area contributed by atoms with Crippen LogP contribution in [-0.2, 0) is 25.3 Å². The Morgan fingerprint density at radius 2 is 1.84 bits per heavy atom. The van der Waals surface area contributed by atoms with Crippen LogP contribution < -0.4 is 0 Å². The first kappa shape index (κ1) is 27.0. The van der Waals surface area contributed by atoms with E-state index in [2.05, 4.69) is 33.9 Å². The number of aliphatic hydroxyl groups is 2. The number of hydrogen-bond acceptors (Lipinski definition) is 6. The van der Waals surface area contributed by atoms with Crippen LogP contribution in [0.25, 0.3) is 0 Å². The fraction of sp³-hybridized carbons (Fsp3) is 0.720. The second-order valence-electron chi connectivity index (χ2n) is 10.4. The van der Waals surface area contributed by atoms with Crippen LogP contribution in [0.15, 0.2) is 30.3 Å². The largest absolute Gasteiger partial charge is 0.466 e. The third-order valence-corrected chi connectivity index (χ3v) is 11.5. The molecule has 0 bridgehead atoms. The van der Waals surface area contributed by atoms with Gasteiger partial charge in [-0.1, -0.05) is 51.1 Å². The van der Waals surface area contributed by atoms with Gasteiger partial charge in [0.2, 0.25) is 0 Å². The van der Waals surface area contributed by atoms with Gasteiger partial charge in [0.25, 0.3) is 0 Å². The van der Waals surface area contributed by atoms with Crippen molar-refractivity contribution in [2.45, 2.75) is 90.0 Å². The molecule has 2 N–H and O–H groups in total. The molecule has 2 rings (SSSR count). The molecule has 0 spiro atoms. The minimum absolute atomic E-state index is 0.0183. The van der Waals surface area contributed by atoms with Gasteiger partial charge in [0, 0.05) is 17.9 Å². The molecule has 1 saturated carbocycles. The molecule has 0 unspecified atom stereocenters. The predicted molar refractivity (Wildman–Crippen MR) is 128 cm³/mol. The molecular formula is C25H42O6Si. The van der Waals surface area contributed by atoms with Crippen LogP contribution in [0.4, 0.5) is 0 Å². The normalized spacial score (nSPS) is 25.4. The molecule has 1 aromatic rings. The lowest BCUT2D eigenvalue weighted by Gasteiger charge is -2.47. The summed E-state index contributed by atoms with van der Waals surface area (Å²) in [6, 6.07) is 9.76. The summed E-state index contributed by atoms with van der Waals surface area (Å²) in [6.45, 7) is 13.5. The molecule has 0 aromatic heterocycles. The number of carbonyl (C=O) groups is 1. The number of rotatable bonds is 10. The number of esters is 1. The lowest BCUT2D eigenvalue weighted by molar-refractivity contribution is -0.152. The Morgan fingerprint density at radius 3 is 2.44 bits per heavy atom. The molecule has 6 nitrogen and oxygen atoms in total. The van der Waals surface area contributed by atoms with E-state index in [1.807, 2.05) is 30.3 Å². The molecule has 5 atom stereocenters. The van der Waals surface area contributed by atoms with Crippen LogP contribution in [-0.4, -0.2) is 56.0 Å². The van der Waals surface area contributed by atoms with Crippen molar-refractivity contribution in [1.29, 1.82) is 0 Å². The van der Waals surface area contributed by atoms with Gasteiger partial charge >= 0.3 is 5.97 Å². The Hall–Kier alpha value is -1.25. The van der Waals surface area contributed by atoms with E-state index in [1.54, 1.807) is 6.92 Å². The molecule has 0 amide bonds. The van der Waals surface area contributed by atoms with Crippen LogP contribution in [0.3, 0.4) is 0 Å². The average Bonchev–Trinajstić information content (AvgIpc) is 2.70. The molecule has 1 fully saturated rings. The van der Waals surface area contributed by atoms with Crippen LogP contribution >= 0.6 is 0 Å². The third-order valence-electron chi connectivity index (χ3n) is 6.97. The summed E-state index contributed by atoms with van der Waals surface area (Å²) in [5.74, 6) is -1.17. The van der Waals surface area contributed by atoms with Crippen molar-refractivity contribution in [3.8, 4) is 0 Å². The number of ether oxygens (including phenoxy) is 2. The molecule has 0 aliphatic heterocycles. The zero-order valence-electron chi connectivity index (χ0n) is 20.5. The molecule has 0 saturated heterocycles. The van der Waals surface area contributed by atoms with E-state index in [-0.39, 0.29) is 36.1 Å². The summed E-state index contributed by atoms with van der Waals surface area (Å²) in [7, 11) is -2.11. The smallest absolute Gasteiger partial charge is 0.306 e. The molecule has 182 valence electrons. The minimum Gasteiger partial charge on any atom is -0.466 e. The van der Waals surface area contributed by atoms with Gasteiger partial charge in [-0.3, -0.25) is 4.79 Å². The fourth-order valence-electron chi connectivity index (χ4n) is 4.18. The van der Waals surface area contributed by atoms with E-state index in [9.17, 15) is 15.0 Å². The van der Waals surface area contributed by atoms with Crippen molar-refractivity contribution in [3.63, 3.8) is 0 Å². The summed E-state index contributed by atoms with van der Waals surface area (Å²) >= 11 is 0. The highest BCUT2D eigenvalue weighted by Gasteiger charge is 2.48. The molecule has 1 aromatic carbocycles. The quantitative estimate of drug-likeness (QED) is 0.395. The molecule has 32 heavy (non-hydrogen) atoms. The second-order valence-corrected chi connectivity index (χ2v) is 15.1. The van der Waals surface area contributed by atoms with Gasteiger partial charge in [-0.25, -0.2) is 0 Å². The standard InChI is InChI=1S/C25H42O6Si/c1-7-30-23(28)15-19-22(31-32(5,6)25(2,3)4)14-13-20(26)24(19)21(27)17-29-16-18-11-9-8-10-12-18/h8-12,19-22,24,26-27H,7,13-17H2,1-6H3/t19-,20-,21-,22-,24+/m0/s1. The molecule has 7 heteroatoms. The zero-order valence-corrected chi connectivity index (χ0v) is 21.5. The number of hydrogen-bond donors (Lipinski definition) is 2. The summed E-state index contributed by atoms with van der Waals surface area (Å²) in [5.41, 5.74) is 1.02. The van der Waals surface area contributed by atoms with Crippen molar-refractivity contribution >= 4 is 14.3 Å². The van der Waals surface area contributed by atoms with Crippen LogP contribution in [0, 0.1) is 11.8 Å². The minimum atomic E-state index is -2.11. The highest BCUT2D eigenvalue weighted by molar-refractivity contribution is 6.74. The summed E-state index contributed by atoms with van der Waals surface area (Å²) in [4.78, 5) is 12.4. The average molecular weight is 467 g/mol. The molecule has 0 radical (unpaired) electrons. The molecular weight excluding hydrogens is 424 g/mol. The Morgan fingerprint density at radius 1 is 1.19 bits per heavy atom. The highest BCUT2D eigenvalue weighted by Crippen LogP contribution is 2.43. The SMILES string of the molecule is CCOC(=O)C[C@@H]1[C@@H]([C@@H](O)COCc2ccccc2)[C@@H](O)CC[C@@H]1O[Si](C)(C)C(C)(C)C. The predicted octanol–water partition coefficient (Wildman–Crippen LogP) is 4.29. The van der Waals surface area contributed by atoms with Gasteiger partial charge in [0.15, 0.2) is 8.32 Å². The van der Waals surface area contributed by atoms with Crippen molar-refractivity contribution in [3.05, 3.63) is 35.9 Å². The number of benzene rings is 1. The third kappa shape index (κ3) is 7.38. The van der Waals surface area contributed by atoms with E-state index in [0.29, 0.717) is 26.1 Å². The van der Waals surface area contributed by atoms with Crippen molar-refractivity contribution in [1.82, 2.24) is 0 Å². The maximum atomic E-state index is 12.4. The zero-order chi connectivity index (χ0) is 23.9. The first-order chi connectivity index (χ1) is 15.0. The monoisotopic (exact) mass is 466 g/mol. The van der Waals surface area contributed by atoms with Crippen LogP contribution in [0.1, 0.15) is 52.5 Å². The fourth-order valence-corrected chi connectivity index (χ4v) is 5.58. The maximum absolute atomic E-state index is 12.4. The van der Waals surface area contributed by atoms with E-state index < -0.39 is 26.4 Å². The van der Waals surface area contributed by atoms with Crippen LogP contribution in [0.2, 0.25) is 18.1 Å². The topological polar surface area (TPSA) is 85.2 Å². The Labute approximate surface area is 194 Å². The van der Waals surface area contributed by atoms with Gasteiger partial charge in [0.1, 0.15) is 0 Å². The number of carbonyl (C=O) groups excluding carboxylic acids is 1. The maximum Gasteiger partial charge on any atom is 0.306 e. The first-order valence-corrected chi connectivity index (χ1v) is 14.7. The van der Waals surface area contributed by atoms with Crippen LogP contribution in [0.5, 0.6) is 0 Å². The van der Waals surface area contributed by atoms with Crippen molar-refractivity contribution in [2.75, 3.05) is 13.2 Å². The first-order valence-electron chi connectivity index (χ1n) is 11.8. The highest BCUT2D eigenvalue weighted by atomic mass is 28.4. The summed E-state index contributed by atoms with van der Waals surface area (Å²) in [6.07, 6.45) is -0.532. The Kier molecular flexibility index (Phi) is 9.91. The van der Waals surface area contributed by atoms with Gasteiger partial charge < -0.3 is 24.1 Å². The second kappa shape index (κ2) is 11.7. The van der Waals surface area contributed by atoms with E-state index >= 15 is 0 Å². The number of aliphatic hydroxyl groups excluding tert-OH is 2. The lowest BCUT2D eigenvalue weighted by atomic mass is 9.71. The summed E-state index contributed by atoms with van der Waals surface area (Å²) in [5, 5.41) is 21.9.